The number of carbonyl (C=O) groups is 2. The Kier molecular flexibility index (Phi) is 4.94. The molecule has 4 nitrogen and oxygen atoms in total. The molecule has 2 rings (SSSR count). The maximum absolute atomic E-state index is 12.8. The summed E-state index contributed by atoms with van der Waals surface area (Å²) < 4.78 is 0.702. The second-order valence-corrected chi connectivity index (χ2v) is 6.64. The number of amides is 2. The van der Waals surface area contributed by atoms with Crippen LogP contribution in [0.15, 0.2) is 22.7 Å². The SMILES string of the molecule is CCC(C)C1NC(=O)C(C)N(c2ccc(Cl)cc2Br)C1=O. The maximum Gasteiger partial charge on any atom is 0.250 e. The Labute approximate surface area is 138 Å². The Morgan fingerprint density at radius 1 is 1.43 bits per heavy atom. The fourth-order valence-corrected chi connectivity index (χ4v) is 3.29. The molecule has 1 heterocycles. The van der Waals surface area contributed by atoms with Crippen molar-refractivity contribution in [1.29, 1.82) is 0 Å². The summed E-state index contributed by atoms with van der Waals surface area (Å²) >= 11 is 9.37. The highest BCUT2D eigenvalue weighted by Gasteiger charge is 2.41. The standard InChI is InChI=1S/C15H18BrClN2O2/c1-4-8(2)13-15(21)19(9(3)14(20)18-13)12-6-5-10(17)7-11(12)16/h5-9,13H,4H2,1-3H3,(H,18,20). The van der Waals surface area contributed by atoms with Crippen LogP contribution in [0.4, 0.5) is 5.69 Å². The molecule has 1 aliphatic heterocycles. The van der Waals surface area contributed by atoms with Crippen LogP contribution >= 0.6 is 27.5 Å². The van der Waals surface area contributed by atoms with Crippen LogP contribution in [0.1, 0.15) is 27.2 Å². The maximum atomic E-state index is 12.8. The summed E-state index contributed by atoms with van der Waals surface area (Å²) in [7, 11) is 0. The Morgan fingerprint density at radius 3 is 2.67 bits per heavy atom. The monoisotopic (exact) mass is 372 g/mol. The summed E-state index contributed by atoms with van der Waals surface area (Å²) in [6, 6.07) is 4.16. The van der Waals surface area contributed by atoms with Crippen molar-refractivity contribution >= 4 is 45.0 Å². The molecule has 0 saturated carbocycles. The first-order chi connectivity index (χ1) is 9.86. The molecular weight excluding hydrogens is 356 g/mol. The number of hydrogen-bond acceptors (Lipinski definition) is 2. The van der Waals surface area contributed by atoms with Crippen LogP contribution in [-0.2, 0) is 9.59 Å². The Bertz CT molecular complexity index is 579. The predicted octanol–water partition coefficient (Wildman–Crippen LogP) is 3.37. The molecule has 1 aromatic carbocycles. The molecule has 3 atom stereocenters. The summed E-state index contributed by atoms with van der Waals surface area (Å²) in [5, 5.41) is 3.40. The lowest BCUT2D eigenvalue weighted by atomic mass is 9.94. The van der Waals surface area contributed by atoms with Gasteiger partial charge in [-0.05, 0) is 47.0 Å². The van der Waals surface area contributed by atoms with Crippen LogP contribution in [0.3, 0.4) is 0 Å². The van der Waals surface area contributed by atoms with Gasteiger partial charge in [0.05, 0.1) is 5.69 Å². The van der Waals surface area contributed by atoms with Crippen molar-refractivity contribution in [2.75, 3.05) is 4.90 Å². The van der Waals surface area contributed by atoms with Crippen molar-refractivity contribution in [3.63, 3.8) is 0 Å². The quantitative estimate of drug-likeness (QED) is 0.883. The largest absolute Gasteiger partial charge is 0.342 e. The molecule has 0 aliphatic carbocycles. The lowest BCUT2D eigenvalue weighted by molar-refractivity contribution is -0.134. The smallest absolute Gasteiger partial charge is 0.250 e. The molecular formula is C15H18BrClN2O2. The van der Waals surface area contributed by atoms with E-state index >= 15 is 0 Å². The number of nitrogens with one attached hydrogen (secondary N) is 1. The molecule has 0 radical (unpaired) electrons. The summed E-state index contributed by atoms with van der Waals surface area (Å²) in [6.07, 6.45) is 0.820. The van der Waals surface area contributed by atoms with Crippen molar-refractivity contribution in [2.45, 2.75) is 39.3 Å². The Balaban J connectivity index is 2.43. The third kappa shape index (κ3) is 3.09. The first kappa shape index (κ1) is 16.3. The molecule has 0 aromatic heterocycles. The van der Waals surface area contributed by atoms with Crippen LogP contribution in [0.25, 0.3) is 0 Å². The van der Waals surface area contributed by atoms with E-state index < -0.39 is 12.1 Å². The number of piperazine rings is 1. The molecule has 1 aliphatic rings. The van der Waals surface area contributed by atoms with Gasteiger partial charge in [-0.25, -0.2) is 0 Å². The lowest BCUT2D eigenvalue weighted by Gasteiger charge is -2.39. The second-order valence-electron chi connectivity index (χ2n) is 5.35. The molecule has 1 N–H and O–H groups in total. The highest BCUT2D eigenvalue weighted by atomic mass is 79.9. The third-order valence-electron chi connectivity index (χ3n) is 3.95. The predicted molar refractivity (Wildman–Crippen MR) is 87.5 cm³/mol. The van der Waals surface area contributed by atoms with Gasteiger partial charge in [-0.15, -0.1) is 0 Å². The molecule has 0 bridgehead atoms. The fourth-order valence-electron chi connectivity index (χ4n) is 2.42. The zero-order valence-corrected chi connectivity index (χ0v) is 14.5. The summed E-state index contributed by atoms with van der Waals surface area (Å²) in [6.45, 7) is 5.69. The zero-order chi connectivity index (χ0) is 15.7. The van der Waals surface area contributed by atoms with Crippen LogP contribution in [0.5, 0.6) is 0 Å². The van der Waals surface area contributed by atoms with E-state index in [2.05, 4.69) is 21.2 Å². The Hall–Kier alpha value is -1.07. The lowest BCUT2D eigenvalue weighted by Crippen LogP contribution is -2.64. The average Bonchev–Trinajstić information content (AvgIpc) is 2.44. The minimum atomic E-state index is -0.546. The minimum Gasteiger partial charge on any atom is -0.342 e. The highest BCUT2D eigenvalue weighted by molar-refractivity contribution is 9.10. The molecule has 6 heteroatoms. The van der Waals surface area contributed by atoms with E-state index in [1.807, 2.05) is 13.8 Å². The number of benzene rings is 1. The minimum absolute atomic E-state index is 0.0838. The van der Waals surface area contributed by atoms with Gasteiger partial charge in [0, 0.05) is 9.50 Å². The zero-order valence-electron chi connectivity index (χ0n) is 12.2. The van der Waals surface area contributed by atoms with Crippen LogP contribution in [-0.4, -0.2) is 23.9 Å². The van der Waals surface area contributed by atoms with Gasteiger partial charge in [0.1, 0.15) is 12.1 Å². The first-order valence-corrected chi connectivity index (χ1v) is 8.12. The topological polar surface area (TPSA) is 49.4 Å². The van der Waals surface area contributed by atoms with Crippen molar-refractivity contribution < 1.29 is 9.59 Å². The van der Waals surface area contributed by atoms with Gasteiger partial charge in [-0.2, -0.15) is 0 Å². The second kappa shape index (κ2) is 6.36. The van der Waals surface area contributed by atoms with Crippen LogP contribution in [0, 0.1) is 5.92 Å². The number of carbonyl (C=O) groups excluding carboxylic acids is 2. The molecule has 1 saturated heterocycles. The number of hydrogen-bond donors (Lipinski definition) is 1. The van der Waals surface area contributed by atoms with Crippen molar-refractivity contribution in [2.24, 2.45) is 5.92 Å². The normalized spacial score (nSPS) is 24.0. The van der Waals surface area contributed by atoms with E-state index in [0.717, 1.165) is 6.42 Å². The first-order valence-electron chi connectivity index (χ1n) is 6.95. The van der Waals surface area contributed by atoms with E-state index in [1.54, 1.807) is 30.0 Å². The number of anilines is 1. The summed E-state index contributed by atoms with van der Waals surface area (Å²) in [5.74, 6) is -0.135. The van der Waals surface area contributed by atoms with Crippen molar-refractivity contribution in [1.82, 2.24) is 5.32 Å². The molecule has 3 unspecified atom stereocenters. The fraction of sp³-hybridized carbons (Fsp3) is 0.467. The van der Waals surface area contributed by atoms with Crippen molar-refractivity contribution in [3.8, 4) is 0 Å². The van der Waals surface area contributed by atoms with Gasteiger partial charge in [0.25, 0.3) is 5.91 Å². The number of nitrogens with zero attached hydrogens (tertiary/aromatic N) is 1. The van der Waals surface area contributed by atoms with Crippen LogP contribution in [0.2, 0.25) is 5.02 Å². The number of rotatable bonds is 3. The molecule has 0 spiro atoms. The third-order valence-corrected chi connectivity index (χ3v) is 4.82. The molecule has 1 aromatic rings. The molecule has 1 fully saturated rings. The van der Waals surface area contributed by atoms with Crippen molar-refractivity contribution in [3.05, 3.63) is 27.7 Å². The van der Waals surface area contributed by atoms with Gasteiger partial charge >= 0.3 is 0 Å². The van der Waals surface area contributed by atoms with Gasteiger partial charge < -0.3 is 5.32 Å². The van der Waals surface area contributed by atoms with Gasteiger partial charge in [-0.1, -0.05) is 31.9 Å². The average molecular weight is 374 g/mol. The van der Waals surface area contributed by atoms with E-state index in [9.17, 15) is 9.59 Å². The number of halogens is 2. The van der Waals surface area contributed by atoms with Crippen LogP contribution < -0.4 is 10.2 Å². The summed E-state index contributed by atoms with van der Waals surface area (Å²) in [5.41, 5.74) is 0.667. The van der Waals surface area contributed by atoms with E-state index in [-0.39, 0.29) is 17.7 Å². The molecule has 21 heavy (non-hydrogen) atoms. The summed E-state index contributed by atoms with van der Waals surface area (Å²) in [4.78, 5) is 26.5. The van der Waals surface area contributed by atoms with E-state index in [4.69, 9.17) is 11.6 Å². The Morgan fingerprint density at radius 2 is 2.10 bits per heavy atom. The van der Waals surface area contributed by atoms with Gasteiger partial charge in [0.2, 0.25) is 5.91 Å². The van der Waals surface area contributed by atoms with E-state index in [0.29, 0.717) is 15.2 Å². The molecule has 114 valence electrons. The molecule has 2 amide bonds. The van der Waals surface area contributed by atoms with Gasteiger partial charge in [0.15, 0.2) is 0 Å². The van der Waals surface area contributed by atoms with Gasteiger partial charge in [-0.3, -0.25) is 14.5 Å². The highest BCUT2D eigenvalue weighted by Crippen LogP contribution is 2.33. The van der Waals surface area contributed by atoms with E-state index in [1.165, 1.54) is 0 Å².